The number of nitrogens with zero attached hydrogens (tertiary/aromatic N) is 1. The number of rotatable bonds is 1. The average Bonchev–Trinajstić information content (AvgIpc) is 2.67. The second-order valence-corrected chi connectivity index (χ2v) is 6.27. The summed E-state index contributed by atoms with van der Waals surface area (Å²) < 4.78 is 5.73. The van der Waals surface area contributed by atoms with Gasteiger partial charge >= 0.3 is 3.14 Å². The molecule has 4 heteroatoms. The van der Waals surface area contributed by atoms with E-state index in [1.165, 1.54) is 14.3 Å². The van der Waals surface area contributed by atoms with E-state index in [0.29, 0.717) is 0 Å². The Morgan fingerprint density at radius 2 is 1.93 bits per heavy atom. The summed E-state index contributed by atoms with van der Waals surface area (Å²) in [4.78, 5) is 0. The molecule has 2 aromatic rings. The van der Waals surface area contributed by atoms with Crippen LogP contribution >= 0.6 is 22.9 Å². The van der Waals surface area contributed by atoms with Crippen molar-refractivity contribution >= 4 is 34.2 Å². The molecular weight excluding hydrogens is 230 g/mol. The highest BCUT2D eigenvalue weighted by molar-refractivity contribution is 7.74. The number of aromatic nitrogens is 1. The van der Waals surface area contributed by atoms with Gasteiger partial charge in [0.1, 0.15) is 5.01 Å². The van der Waals surface area contributed by atoms with Crippen molar-refractivity contribution in [2.75, 3.05) is 6.26 Å². The Kier molecular flexibility index (Phi) is 3.05. The van der Waals surface area contributed by atoms with Crippen molar-refractivity contribution in [2.24, 2.45) is 0 Å². The van der Waals surface area contributed by atoms with Gasteiger partial charge in [-0.1, -0.05) is 29.8 Å². The molecule has 14 heavy (non-hydrogen) atoms. The first-order valence-corrected chi connectivity index (χ1v) is 7.02. The molecule has 0 bridgehead atoms. The molecule has 1 nitrogen and oxygen atoms in total. The molecule has 0 unspecified atom stereocenters. The van der Waals surface area contributed by atoms with Gasteiger partial charge in [0.15, 0.2) is 6.26 Å². The second-order valence-electron chi connectivity index (χ2n) is 2.91. The lowest BCUT2D eigenvalue weighted by Gasteiger charge is -1.94. The van der Waals surface area contributed by atoms with E-state index in [0.717, 1.165) is 5.01 Å². The molecule has 0 radical (unpaired) electrons. The molecule has 0 aliphatic carbocycles. The van der Waals surface area contributed by atoms with Crippen molar-refractivity contribution in [1.82, 2.24) is 4.37 Å². The lowest BCUT2D eigenvalue weighted by atomic mass is 10.2. The molecule has 0 aliphatic rings. The summed E-state index contributed by atoms with van der Waals surface area (Å²) >= 11 is 5.10. The number of benzene rings is 1. The summed E-state index contributed by atoms with van der Waals surface area (Å²) in [5, 5.41) is 1.12. The molecule has 0 spiro atoms. The molecule has 0 fully saturated rings. The zero-order valence-corrected chi connectivity index (χ0v) is 10.4. The minimum atomic E-state index is 1.12. The molecule has 72 valence electrons. The Hall–Kier alpha value is -0.580. The Morgan fingerprint density at radius 3 is 2.50 bits per heavy atom. The van der Waals surface area contributed by atoms with Crippen LogP contribution in [0.2, 0.25) is 0 Å². The Morgan fingerprint density at radius 1 is 1.21 bits per heavy atom. The van der Waals surface area contributed by atoms with Gasteiger partial charge in [0.2, 0.25) is 11.4 Å². The summed E-state index contributed by atoms with van der Waals surface area (Å²) in [7, 11) is 0. The molecule has 0 atom stereocenters. The molecule has 0 amide bonds. The molecule has 0 aliphatic heterocycles. The SMILES string of the molecule is C[S+]=c1snc(-c2ccc(C)cc2)s1. The van der Waals surface area contributed by atoms with Crippen LogP contribution in [0.25, 0.3) is 10.6 Å². The van der Waals surface area contributed by atoms with Gasteiger partial charge in [-0.25, -0.2) is 0 Å². The van der Waals surface area contributed by atoms with E-state index in [9.17, 15) is 0 Å². The van der Waals surface area contributed by atoms with Crippen LogP contribution in [0.5, 0.6) is 0 Å². The van der Waals surface area contributed by atoms with Crippen LogP contribution < -0.4 is 0 Å². The lowest BCUT2D eigenvalue weighted by Crippen LogP contribution is -1.74. The topological polar surface area (TPSA) is 12.9 Å². The van der Waals surface area contributed by atoms with E-state index < -0.39 is 0 Å². The first kappa shape index (κ1) is 9.96. The van der Waals surface area contributed by atoms with Crippen molar-refractivity contribution in [3.05, 3.63) is 33.0 Å². The number of hydrogen-bond acceptors (Lipinski definition) is 3. The summed E-state index contributed by atoms with van der Waals surface area (Å²) in [5.41, 5.74) is 2.51. The molecule has 1 heterocycles. The van der Waals surface area contributed by atoms with Gasteiger partial charge in [0, 0.05) is 17.1 Å². The summed E-state index contributed by atoms with van der Waals surface area (Å²) in [6, 6.07) is 8.51. The molecule has 1 aromatic heterocycles. The van der Waals surface area contributed by atoms with Gasteiger partial charge in [-0.2, -0.15) is 4.37 Å². The van der Waals surface area contributed by atoms with Gasteiger partial charge in [-0.05, 0) is 18.3 Å². The average molecular weight is 240 g/mol. The van der Waals surface area contributed by atoms with Gasteiger partial charge in [-0.15, -0.1) is 0 Å². The largest absolute Gasteiger partial charge is 0.352 e. The number of hydrogen-bond donors (Lipinski definition) is 0. The zero-order valence-electron chi connectivity index (χ0n) is 7.98. The third kappa shape index (κ3) is 2.08. The van der Waals surface area contributed by atoms with Gasteiger partial charge in [0.05, 0.1) is 0 Å². The van der Waals surface area contributed by atoms with Crippen molar-refractivity contribution in [1.29, 1.82) is 0 Å². The molecule has 2 rings (SSSR count). The fourth-order valence-corrected chi connectivity index (χ4v) is 3.49. The molecule has 0 saturated heterocycles. The van der Waals surface area contributed by atoms with Crippen LogP contribution in [0.3, 0.4) is 0 Å². The van der Waals surface area contributed by atoms with Gasteiger partial charge in [-0.3, -0.25) is 0 Å². The standard InChI is InChI=1S/C10H10NS3/c1-7-3-5-8(6-4-7)9-11-14-10(12-2)13-9/h3-6H,1-2H3/q+1. The van der Waals surface area contributed by atoms with Crippen molar-refractivity contribution in [3.63, 3.8) is 0 Å². The predicted octanol–water partition coefficient (Wildman–Crippen LogP) is 3.42. The third-order valence-electron chi connectivity index (χ3n) is 1.85. The Bertz CT molecular complexity index is 479. The van der Waals surface area contributed by atoms with Crippen LogP contribution in [0.4, 0.5) is 0 Å². The summed E-state index contributed by atoms with van der Waals surface area (Å²) in [6.45, 7) is 2.10. The first-order chi connectivity index (χ1) is 6.79. The fraction of sp³-hybridized carbons (Fsp3) is 0.200. The van der Waals surface area contributed by atoms with E-state index in [-0.39, 0.29) is 0 Å². The maximum Gasteiger partial charge on any atom is 0.352 e. The van der Waals surface area contributed by atoms with E-state index >= 15 is 0 Å². The zero-order chi connectivity index (χ0) is 9.97. The highest BCUT2D eigenvalue weighted by atomic mass is 32.2. The quantitative estimate of drug-likeness (QED) is 0.550. The minimum absolute atomic E-state index is 1.12. The maximum absolute atomic E-state index is 4.43. The number of aryl methyl sites for hydroxylation is 1. The van der Waals surface area contributed by atoms with Crippen LogP contribution in [-0.2, 0) is 11.4 Å². The van der Waals surface area contributed by atoms with Crippen LogP contribution in [0.15, 0.2) is 24.3 Å². The molecule has 0 saturated carbocycles. The summed E-state index contributed by atoms with van der Waals surface area (Å²) in [5.74, 6) is 0. The Balaban J connectivity index is 2.44. The highest BCUT2D eigenvalue weighted by Gasteiger charge is 2.05. The lowest BCUT2D eigenvalue weighted by molar-refractivity contribution is 1.46. The van der Waals surface area contributed by atoms with Gasteiger partial charge < -0.3 is 0 Å². The van der Waals surface area contributed by atoms with Crippen LogP contribution in [0, 0.1) is 10.1 Å². The van der Waals surface area contributed by atoms with Crippen LogP contribution in [-0.4, -0.2) is 10.6 Å². The first-order valence-electron chi connectivity index (χ1n) is 4.20. The second kappa shape index (κ2) is 4.29. The highest BCUT2D eigenvalue weighted by Crippen LogP contribution is 2.24. The minimum Gasteiger partial charge on any atom is -0.175 e. The van der Waals surface area contributed by atoms with E-state index in [1.54, 1.807) is 34.2 Å². The monoisotopic (exact) mass is 240 g/mol. The van der Waals surface area contributed by atoms with Gasteiger partial charge in [0.25, 0.3) is 0 Å². The van der Waals surface area contributed by atoms with Crippen molar-refractivity contribution in [3.8, 4) is 10.6 Å². The van der Waals surface area contributed by atoms with E-state index in [4.69, 9.17) is 0 Å². The molecule has 1 aromatic carbocycles. The van der Waals surface area contributed by atoms with E-state index in [2.05, 4.69) is 41.8 Å². The fourth-order valence-electron chi connectivity index (χ4n) is 1.08. The molecular formula is C10H10NS3+. The smallest absolute Gasteiger partial charge is 0.175 e. The van der Waals surface area contributed by atoms with Crippen LogP contribution in [0.1, 0.15) is 5.56 Å². The van der Waals surface area contributed by atoms with Crippen molar-refractivity contribution < 1.29 is 0 Å². The maximum atomic E-state index is 4.43. The van der Waals surface area contributed by atoms with Crippen molar-refractivity contribution in [2.45, 2.75) is 6.92 Å². The Labute approximate surface area is 95.2 Å². The molecule has 0 N–H and O–H groups in total. The predicted molar refractivity (Wildman–Crippen MR) is 66.7 cm³/mol. The van der Waals surface area contributed by atoms with E-state index in [1.807, 2.05) is 0 Å². The third-order valence-corrected chi connectivity index (χ3v) is 5.35. The summed E-state index contributed by atoms with van der Waals surface area (Å²) in [6.07, 6.45) is 2.09. The normalized spacial score (nSPS) is 12.0.